The van der Waals surface area contributed by atoms with Crippen LogP contribution in [0, 0.1) is 0 Å². The molecule has 27 heavy (non-hydrogen) atoms. The van der Waals surface area contributed by atoms with Gasteiger partial charge >= 0.3 is 0 Å². The number of ether oxygens (including phenoxy) is 1. The van der Waals surface area contributed by atoms with Crippen LogP contribution in [0.25, 0.3) is 0 Å². The monoisotopic (exact) mass is 399 g/mol. The van der Waals surface area contributed by atoms with Crippen LogP contribution < -0.4 is 10.1 Å². The van der Waals surface area contributed by atoms with Gasteiger partial charge in [0.1, 0.15) is 5.75 Å². The Balaban J connectivity index is 1.45. The molecule has 0 aliphatic heterocycles. The molecule has 2 heterocycles. The van der Waals surface area contributed by atoms with Crippen molar-refractivity contribution in [3.8, 4) is 5.75 Å². The van der Waals surface area contributed by atoms with E-state index in [2.05, 4.69) is 15.3 Å². The molecule has 1 N–H and O–H groups in total. The molecule has 4 rings (SSSR count). The van der Waals surface area contributed by atoms with Gasteiger partial charge in [-0.25, -0.2) is 4.98 Å². The van der Waals surface area contributed by atoms with E-state index in [-0.39, 0.29) is 5.91 Å². The molecule has 1 amide bonds. The average Bonchev–Trinajstić information content (AvgIpc) is 3.39. The number of aromatic nitrogens is 2. The average molecular weight is 400 g/mol. The quantitative estimate of drug-likeness (QED) is 0.664. The molecule has 3 aromatic rings. The van der Waals surface area contributed by atoms with Gasteiger partial charge in [0, 0.05) is 29.9 Å². The van der Waals surface area contributed by atoms with Gasteiger partial charge in [0.05, 0.1) is 17.5 Å². The second-order valence-electron chi connectivity index (χ2n) is 6.54. The van der Waals surface area contributed by atoms with E-state index in [0.29, 0.717) is 16.6 Å². The fraction of sp³-hybridized carbons (Fsp3) is 0.250. The van der Waals surface area contributed by atoms with Crippen LogP contribution in [0.5, 0.6) is 5.75 Å². The van der Waals surface area contributed by atoms with E-state index < -0.39 is 5.41 Å². The first kappa shape index (κ1) is 17.9. The van der Waals surface area contributed by atoms with Gasteiger partial charge in [0.25, 0.3) is 0 Å². The van der Waals surface area contributed by atoms with Gasteiger partial charge in [-0.15, -0.1) is 11.3 Å². The van der Waals surface area contributed by atoms with E-state index in [1.165, 1.54) is 11.3 Å². The van der Waals surface area contributed by atoms with E-state index in [9.17, 15) is 4.79 Å². The first-order chi connectivity index (χ1) is 13.1. The van der Waals surface area contributed by atoms with Crippen LogP contribution in [0.2, 0.25) is 5.02 Å². The Hall–Kier alpha value is -2.44. The fourth-order valence-electron chi connectivity index (χ4n) is 3.08. The van der Waals surface area contributed by atoms with Gasteiger partial charge in [-0.05, 0) is 42.2 Å². The largest absolute Gasteiger partial charge is 0.497 e. The highest BCUT2D eigenvalue weighted by molar-refractivity contribution is 7.15. The number of thiazole rings is 1. The SMILES string of the molecule is COc1ccc(C2(C(=O)Nc3ncc(Cc4ccncc4Cl)s3)CC2)cc1. The molecule has 0 unspecified atom stereocenters. The van der Waals surface area contributed by atoms with Crippen molar-refractivity contribution in [2.24, 2.45) is 0 Å². The third kappa shape index (κ3) is 3.68. The molecule has 0 saturated heterocycles. The van der Waals surface area contributed by atoms with E-state index in [1.54, 1.807) is 25.7 Å². The summed E-state index contributed by atoms with van der Waals surface area (Å²) in [5.41, 5.74) is 1.55. The summed E-state index contributed by atoms with van der Waals surface area (Å²) < 4.78 is 5.20. The molecular formula is C20H18ClN3O2S. The number of rotatable bonds is 6. The van der Waals surface area contributed by atoms with E-state index in [4.69, 9.17) is 16.3 Å². The number of carbonyl (C=O) groups is 1. The number of nitrogens with zero attached hydrogens (tertiary/aromatic N) is 2. The summed E-state index contributed by atoms with van der Waals surface area (Å²) in [6.45, 7) is 0. The van der Waals surface area contributed by atoms with E-state index >= 15 is 0 Å². The number of hydrogen-bond donors (Lipinski definition) is 1. The second-order valence-corrected chi connectivity index (χ2v) is 8.06. The lowest BCUT2D eigenvalue weighted by molar-refractivity contribution is -0.118. The number of halogens is 1. The van der Waals surface area contributed by atoms with Gasteiger partial charge in [-0.1, -0.05) is 23.7 Å². The third-order valence-electron chi connectivity index (χ3n) is 4.82. The molecule has 5 nitrogen and oxygen atoms in total. The highest BCUT2D eigenvalue weighted by Gasteiger charge is 2.51. The smallest absolute Gasteiger partial charge is 0.236 e. The minimum Gasteiger partial charge on any atom is -0.497 e. The van der Waals surface area contributed by atoms with Crippen LogP contribution in [-0.4, -0.2) is 23.0 Å². The van der Waals surface area contributed by atoms with Gasteiger partial charge in [0.15, 0.2) is 5.13 Å². The molecule has 1 saturated carbocycles. The standard InChI is InChI=1S/C20H18ClN3O2S/c1-26-15-4-2-14(3-5-15)20(7-8-20)18(25)24-19-23-11-16(27-19)10-13-6-9-22-12-17(13)21/h2-6,9,11-12H,7-8,10H2,1H3,(H,23,24,25). The van der Waals surface area contributed by atoms with Crippen LogP contribution in [0.3, 0.4) is 0 Å². The molecule has 1 fully saturated rings. The summed E-state index contributed by atoms with van der Waals surface area (Å²) in [6.07, 6.45) is 7.48. The topological polar surface area (TPSA) is 64.1 Å². The predicted octanol–water partition coefficient (Wildman–Crippen LogP) is 4.46. The van der Waals surface area contributed by atoms with Crippen molar-refractivity contribution < 1.29 is 9.53 Å². The van der Waals surface area contributed by atoms with E-state index in [0.717, 1.165) is 34.6 Å². The minimum absolute atomic E-state index is 0.00416. The summed E-state index contributed by atoms with van der Waals surface area (Å²) in [7, 11) is 1.63. The van der Waals surface area contributed by atoms with Crippen molar-refractivity contribution in [2.75, 3.05) is 12.4 Å². The van der Waals surface area contributed by atoms with Crippen LogP contribution in [0.1, 0.15) is 28.8 Å². The molecule has 2 aromatic heterocycles. The minimum atomic E-state index is -0.452. The number of hydrogen-bond acceptors (Lipinski definition) is 5. The number of pyridine rings is 1. The van der Waals surface area contributed by atoms with Crippen LogP contribution in [0.15, 0.2) is 48.9 Å². The Morgan fingerprint density at radius 3 is 2.70 bits per heavy atom. The zero-order valence-corrected chi connectivity index (χ0v) is 16.3. The lowest BCUT2D eigenvalue weighted by Gasteiger charge is -2.15. The highest BCUT2D eigenvalue weighted by Crippen LogP contribution is 2.49. The number of methoxy groups -OCH3 is 1. The first-order valence-electron chi connectivity index (χ1n) is 8.60. The van der Waals surface area contributed by atoms with Crippen LogP contribution >= 0.6 is 22.9 Å². The zero-order chi connectivity index (χ0) is 18.9. The Kier molecular flexibility index (Phi) is 4.85. The lowest BCUT2D eigenvalue weighted by atomic mass is 9.95. The molecule has 138 valence electrons. The molecular weight excluding hydrogens is 382 g/mol. The zero-order valence-electron chi connectivity index (χ0n) is 14.7. The summed E-state index contributed by atoms with van der Waals surface area (Å²) in [6, 6.07) is 9.60. The highest BCUT2D eigenvalue weighted by atomic mass is 35.5. The normalized spacial score (nSPS) is 14.6. The Labute approximate surface area is 166 Å². The molecule has 0 atom stereocenters. The summed E-state index contributed by atoms with van der Waals surface area (Å²) in [4.78, 5) is 22.3. The Bertz CT molecular complexity index is 967. The third-order valence-corrected chi connectivity index (χ3v) is 6.08. The molecule has 0 bridgehead atoms. The Morgan fingerprint density at radius 1 is 1.26 bits per heavy atom. The predicted molar refractivity (Wildman–Crippen MR) is 107 cm³/mol. The van der Waals surface area contributed by atoms with Gasteiger partial charge < -0.3 is 10.1 Å². The summed E-state index contributed by atoms with van der Waals surface area (Å²) >= 11 is 7.63. The second kappa shape index (κ2) is 7.29. The summed E-state index contributed by atoms with van der Waals surface area (Å²) in [5.74, 6) is 0.782. The molecule has 7 heteroatoms. The molecule has 0 spiro atoms. The number of benzene rings is 1. The Morgan fingerprint density at radius 2 is 2.04 bits per heavy atom. The van der Waals surface area contributed by atoms with E-state index in [1.807, 2.05) is 30.3 Å². The molecule has 1 aromatic carbocycles. The maximum Gasteiger partial charge on any atom is 0.236 e. The number of nitrogens with one attached hydrogen (secondary N) is 1. The van der Waals surface area contributed by atoms with Crippen molar-refractivity contribution in [2.45, 2.75) is 24.7 Å². The van der Waals surface area contributed by atoms with Gasteiger partial charge in [0.2, 0.25) is 5.91 Å². The lowest BCUT2D eigenvalue weighted by Crippen LogP contribution is -2.27. The fourth-order valence-corrected chi connectivity index (χ4v) is 4.10. The molecule has 1 aliphatic rings. The molecule has 1 aliphatic carbocycles. The first-order valence-corrected chi connectivity index (χ1v) is 9.79. The number of anilines is 1. The van der Waals surface area contributed by atoms with Crippen LogP contribution in [0.4, 0.5) is 5.13 Å². The maximum absolute atomic E-state index is 12.9. The number of carbonyl (C=O) groups excluding carboxylic acids is 1. The van der Waals surface area contributed by atoms with Gasteiger partial charge in [-0.3, -0.25) is 9.78 Å². The molecule has 0 radical (unpaired) electrons. The number of amides is 1. The van der Waals surface area contributed by atoms with Crippen molar-refractivity contribution >= 4 is 34.0 Å². The summed E-state index contributed by atoms with van der Waals surface area (Å²) in [5, 5.41) is 4.23. The maximum atomic E-state index is 12.9. The van der Waals surface area contributed by atoms with Crippen molar-refractivity contribution in [1.29, 1.82) is 0 Å². The van der Waals surface area contributed by atoms with Crippen LogP contribution in [-0.2, 0) is 16.6 Å². The van der Waals surface area contributed by atoms with Crippen molar-refractivity contribution in [3.05, 3.63) is 69.9 Å². The van der Waals surface area contributed by atoms with Crippen molar-refractivity contribution in [1.82, 2.24) is 9.97 Å². The van der Waals surface area contributed by atoms with Gasteiger partial charge in [-0.2, -0.15) is 0 Å². The van der Waals surface area contributed by atoms with Crippen molar-refractivity contribution in [3.63, 3.8) is 0 Å².